The first-order valence-corrected chi connectivity index (χ1v) is 11.4. The lowest BCUT2D eigenvalue weighted by Crippen LogP contribution is -2.60. The first-order chi connectivity index (χ1) is 16.9. The Morgan fingerprint density at radius 3 is 1.11 bits per heavy atom. The molecule has 0 aromatic heterocycles. The van der Waals surface area contributed by atoms with Crippen LogP contribution in [0, 0.1) is 0 Å². The van der Waals surface area contributed by atoms with Gasteiger partial charge in [-0.05, 0) is 50.2 Å². The topological polar surface area (TPSA) is 88.1 Å². The van der Waals surface area contributed by atoms with Gasteiger partial charge in [-0.3, -0.25) is 0 Å². The molecule has 0 spiro atoms. The molecule has 1 fully saturated rings. The van der Waals surface area contributed by atoms with Gasteiger partial charge in [-0.2, -0.15) is 0 Å². The molecule has 0 amide bonds. The van der Waals surface area contributed by atoms with Gasteiger partial charge in [-0.1, -0.05) is 54.6 Å². The first-order valence-electron chi connectivity index (χ1n) is 11.4. The van der Waals surface area contributed by atoms with Gasteiger partial charge in [0.2, 0.25) is 0 Å². The standard InChI is InChI=1S/C28H26O7/c1-18-23(33-26(29)20-12-6-3-7-13-20)25(35-28(31)22-16-10-5-11-17-22)24(19(2)32-18)34-27(30)21-14-8-4-9-15-21/h3-19,23-25H,1-2H3/t18-,19?,23+,24-,25?/m0/s1. The van der Waals surface area contributed by atoms with E-state index in [1.165, 1.54) is 0 Å². The van der Waals surface area contributed by atoms with Crippen molar-refractivity contribution in [1.82, 2.24) is 0 Å². The Morgan fingerprint density at radius 1 is 0.514 bits per heavy atom. The second-order valence-electron chi connectivity index (χ2n) is 8.25. The smallest absolute Gasteiger partial charge is 0.338 e. The zero-order chi connectivity index (χ0) is 24.8. The summed E-state index contributed by atoms with van der Waals surface area (Å²) in [5.41, 5.74) is 0.995. The van der Waals surface area contributed by atoms with Crippen LogP contribution in [-0.4, -0.2) is 48.4 Å². The first kappa shape index (κ1) is 24.2. The molecular weight excluding hydrogens is 448 g/mol. The average molecular weight is 475 g/mol. The van der Waals surface area contributed by atoms with Crippen LogP contribution in [0.2, 0.25) is 0 Å². The Hall–Kier alpha value is -3.97. The maximum Gasteiger partial charge on any atom is 0.338 e. The maximum atomic E-state index is 13.0. The average Bonchev–Trinajstić information content (AvgIpc) is 2.89. The number of carbonyl (C=O) groups is 3. The highest BCUT2D eigenvalue weighted by Gasteiger charge is 2.49. The van der Waals surface area contributed by atoms with Gasteiger partial charge in [0, 0.05) is 0 Å². The Labute approximate surface area is 203 Å². The number of hydrogen-bond acceptors (Lipinski definition) is 7. The van der Waals surface area contributed by atoms with Crippen molar-refractivity contribution in [3.05, 3.63) is 108 Å². The van der Waals surface area contributed by atoms with Crippen LogP contribution in [-0.2, 0) is 18.9 Å². The van der Waals surface area contributed by atoms with Crippen LogP contribution in [0.5, 0.6) is 0 Å². The molecule has 0 saturated carbocycles. The molecule has 0 bridgehead atoms. The summed E-state index contributed by atoms with van der Waals surface area (Å²) in [5.74, 6) is -1.83. The predicted octanol–water partition coefficient (Wildman–Crippen LogP) is 4.47. The zero-order valence-electron chi connectivity index (χ0n) is 19.4. The summed E-state index contributed by atoms with van der Waals surface area (Å²) in [4.78, 5) is 38.7. The molecule has 1 aliphatic heterocycles. The molecule has 7 heteroatoms. The number of hydrogen-bond donors (Lipinski definition) is 0. The van der Waals surface area contributed by atoms with Crippen molar-refractivity contribution in [3.63, 3.8) is 0 Å². The van der Waals surface area contributed by atoms with E-state index in [0.717, 1.165) is 0 Å². The number of benzene rings is 3. The second kappa shape index (κ2) is 11.0. The summed E-state index contributed by atoms with van der Waals surface area (Å²) >= 11 is 0. The molecule has 0 aliphatic carbocycles. The van der Waals surface area contributed by atoms with Crippen LogP contribution in [0.15, 0.2) is 91.0 Å². The van der Waals surface area contributed by atoms with Crippen molar-refractivity contribution >= 4 is 17.9 Å². The number of esters is 3. The predicted molar refractivity (Wildman–Crippen MR) is 127 cm³/mol. The van der Waals surface area contributed by atoms with Gasteiger partial charge in [-0.15, -0.1) is 0 Å². The lowest BCUT2D eigenvalue weighted by atomic mass is 9.95. The molecule has 5 atom stereocenters. The molecule has 0 radical (unpaired) electrons. The molecule has 3 aromatic rings. The Kier molecular flexibility index (Phi) is 7.57. The summed E-state index contributed by atoms with van der Waals surface area (Å²) in [6, 6.07) is 25.4. The highest BCUT2D eigenvalue weighted by atomic mass is 16.6. The van der Waals surface area contributed by atoms with Crippen molar-refractivity contribution in [2.75, 3.05) is 0 Å². The molecule has 2 unspecified atom stereocenters. The molecule has 1 heterocycles. The van der Waals surface area contributed by atoms with Crippen LogP contribution in [0.3, 0.4) is 0 Å². The second-order valence-corrected chi connectivity index (χ2v) is 8.25. The van der Waals surface area contributed by atoms with E-state index in [0.29, 0.717) is 16.7 Å². The van der Waals surface area contributed by atoms with Gasteiger partial charge in [0.1, 0.15) is 0 Å². The van der Waals surface area contributed by atoms with Gasteiger partial charge in [0.25, 0.3) is 0 Å². The van der Waals surface area contributed by atoms with E-state index >= 15 is 0 Å². The fourth-order valence-corrected chi connectivity index (χ4v) is 3.97. The quantitative estimate of drug-likeness (QED) is 0.385. The summed E-state index contributed by atoms with van der Waals surface area (Å²) < 4.78 is 23.3. The van der Waals surface area contributed by atoms with E-state index in [2.05, 4.69) is 0 Å². The summed E-state index contributed by atoms with van der Waals surface area (Å²) in [5, 5.41) is 0. The molecule has 4 rings (SSSR count). The van der Waals surface area contributed by atoms with Crippen molar-refractivity contribution < 1.29 is 33.3 Å². The highest BCUT2D eigenvalue weighted by molar-refractivity contribution is 5.91. The molecule has 7 nitrogen and oxygen atoms in total. The minimum absolute atomic E-state index is 0.320. The Bertz CT molecular complexity index is 1080. The molecule has 1 saturated heterocycles. The van der Waals surface area contributed by atoms with Gasteiger partial charge in [0.05, 0.1) is 28.9 Å². The SMILES string of the molecule is CC1O[C@@H](C)[C@@H](OC(=O)c2ccccc2)C(OC(=O)c2ccccc2)[C@H]1OC(=O)c1ccccc1. The zero-order valence-corrected chi connectivity index (χ0v) is 19.4. The van der Waals surface area contributed by atoms with Crippen LogP contribution in [0.4, 0.5) is 0 Å². The van der Waals surface area contributed by atoms with E-state index in [1.54, 1.807) is 105 Å². The molecule has 3 aromatic carbocycles. The van der Waals surface area contributed by atoms with Crippen LogP contribution in [0.1, 0.15) is 44.9 Å². The molecule has 180 valence electrons. The van der Waals surface area contributed by atoms with Crippen LogP contribution >= 0.6 is 0 Å². The number of ether oxygens (including phenoxy) is 4. The van der Waals surface area contributed by atoms with Crippen LogP contribution in [0.25, 0.3) is 0 Å². The Morgan fingerprint density at radius 2 is 0.800 bits per heavy atom. The summed E-state index contributed by atoms with van der Waals surface area (Å²) in [6.07, 6.45) is -4.38. The van der Waals surface area contributed by atoms with E-state index < -0.39 is 48.4 Å². The molecule has 35 heavy (non-hydrogen) atoms. The van der Waals surface area contributed by atoms with Gasteiger partial charge in [-0.25, -0.2) is 14.4 Å². The fraction of sp³-hybridized carbons (Fsp3) is 0.250. The third-order valence-corrected chi connectivity index (χ3v) is 5.76. The van der Waals surface area contributed by atoms with Crippen LogP contribution < -0.4 is 0 Å². The minimum atomic E-state index is -1.10. The number of rotatable bonds is 6. The van der Waals surface area contributed by atoms with E-state index in [9.17, 15) is 14.4 Å². The van der Waals surface area contributed by atoms with Crippen molar-refractivity contribution in [2.24, 2.45) is 0 Å². The molecular formula is C28H26O7. The normalized spacial score (nSPS) is 23.7. The van der Waals surface area contributed by atoms with Gasteiger partial charge in [0.15, 0.2) is 18.3 Å². The lowest BCUT2D eigenvalue weighted by Gasteiger charge is -2.43. The molecule has 0 N–H and O–H groups in total. The minimum Gasteiger partial charge on any atom is -0.452 e. The van der Waals surface area contributed by atoms with Gasteiger partial charge >= 0.3 is 17.9 Å². The molecule has 1 aliphatic rings. The maximum absolute atomic E-state index is 13.0. The lowest BCUT2D eigenvalue weighted by molar-refractivity contribution is -0.212. The highest BCUT2D eigenvalue weighted by Crippen LogP contribution is 2.30. The largest absolute Gasteiger partial charge is 0.452 e. The third-order valence-electron chi connectivity index (χ3n) is 5.76. The van der Waals surface area contributed by atoms with Gasteiger partial charge < -0.3 is 18.9 Å². The monoisotopic (exact) mass is 474 g/mol. The third kappa shape index (κ3) is 5.75. The van der Waals surface area contributed by atoms with E-state index in [1.807, 2.05) is 0 Å². The van der Waals surface area contributed by atoms with E-state index in [-0.39, 0.29) is 0 Å². The summed E-state index contributed by atoms with van der Waals surface area (Å²) in [7, 11) is 0. The summed E-state index contributed by atoms with van der Waals surface area (Å²) in [6.45, 7) is 3.44. The van der Waals surface area contributed by atoms with Crippen molar-refractivity contribution in [2.45, 2.75) is 44.4 Å². The fourth-order valence-electron chi connectivity index (χ4n) is 3.97. The van der Waals surface area contributed by atoms with E-state index in [4.69, 9.17) is 18.9 Å². The van der Waals surface area contributed by atoms with Crippen molar-refractivity contribution in [3.8, 4) is 0 Å². The Balaban J connectivity index is 1.63. The number of carbonyl (C=O) groups excluding carboxylic acids is 3. The van der Waals surface area contributed by atoms with Crippen molar-refractivity contribution in [1.29, 1.82) is 0 Å².